The first-order valence-electron chi connectivity index (χ1n) is 11.5. The Morgan fingerprint density at radius 2 is 2.00 bits per heavy atom. The van der Waals surface area contributed by atoms with Crippen LogP contribution in [0.1, 0.15) is 32.6 Å². The first kappa shape index (κ1) is 21.0. The molecule has 0 radical (unpaired) electrons. The van der Waals surface area contributed by atoms with Crippen LogP contribution >= 0.6 is 0 Å². The number of benzene rings is 1. The molecule has 4 aliphatic rings. The van der Waals surface area contributed by atoms with Gasteiger partial charge in [-0.15, -0.1) is 0 Å². The number of rotatable bonds is 5. The van der Waals surface area contributed by atoms with Crippen molar-refractivity contribution in [1.82, 2.24) is 10.2 Å². The number of hydrogen-bond donors (Lipinski definition) is 1. The molecular weight excluding hydrogens is 415 g/mol. The molecule has 3 atom stereocenters. The van der Waals surface area contributed by atoms with Crippen LogP contribution in [0.25, 0.3) is 0 Å². The maximum Gasteiger partial charge on any atom is 0.414 e. The lowest BCUT2D eigenvalue weighted by Gasteiger charge is -2.37. The summed E-state index contributed by atoms with van der Waals surface area (Å²) in [5.74, 6) is 0.263. The first-order chi connectivity index (χ1) is 15.4. The zero-order valence-corrected chi connectivity index (χ0v) is 18.3. The van der Waals surface area contributed by atoms with Gasteiger partial charge in [0.1, 0.15) is 11.9 Å². The zero-order chi connectivity index (χ0) is 22.4. The van der Waals surface area contributed by atoms with Crippen LogP contribution in [0.15, 0.2) is 18.2 Å². The topological polar surface area (TPSA) is 82.2 Å². The van der Waals surface area contributed by atoms with Gasteiger partial charge in [-0.25, -0.2) is 9.18 Å². The quantitative estimate of drug-likeness (QED) is 0.753. The number of likely N-dealkylation sites (tertiary alicyclic amines) is 1. The van der Waals surface area contributed by atoms with Crippen LogP contribution in [0, 0.1) is 17.7 Å². The van der Waals surface area contributed by atoms with Crippen molar-refractivity contribution >= 4 is 29.3 Å². The highest BCUT2D eigenvalue weighted by Gasteiger charge is 2.45. The Labute approximate surface area is 186 Å². The average molecular weight is 445 g/mol. The molecule has 5 rings (SSSR count). The fourth-order valence-corrected chi connectivity index (χ4v) is 5.23. The SMILES string of the molecule is CC(=O)NCC1CN(c2ccc(N3CC4CCCN(C(=O)C5CC5)[C@@H]4C3)c(F)c2)C(=O)O1. The summed E-state index contributed by atoms with van der Waals surface area (Å²) in [7, 11) is 0. The molecule has 0 spiro atoms. The molecule has 4 fully saturated rings. The third-order valence-electron chi connectivity index (χ3n) is 7.03. The van der Waals surface area contributed by atoms with Crippen LogP contribution in [0.4, 0.5) is 20.6 Å². The number of halogens is 1. The standard InChI is InChI=1S/C23H29FN4O4/c1-14(29)25-10-18-12-28(23(31)32-18)17-6-7-20(19(24)9-17)26-11-16-3-2-8-27(21(16)13-26)22(30)15-4-5-15/h6-7,9,15-16,18,21H,2-5,8,10-13H2,1H3,(H,25,29)/t16?,18?,21-/m1/s1. The molecule has 3 heterocycles. The number of anilines is 2. The molecule has 1 aliphatic carbocycles. The van der Waals surface area contributed by atoms with Gasteiger partial charge in [0.15, 0.2) is 0 Å². The van der Waals surface area contributed by atoms with E-state index >= 15 is 4.39 Å². The molecule has 3 amide bonds. The summed E-state index contributed by atoms with van der Waals surface area (Å²) in [4.78, 5) is 41.5. The number of nitrogens with one attached hydrogen (secondary N) is 1. The molecule has 3 saturated heterocycles. The van der Waals surface area contributed by atoms with E-state index in [1.807, 2.05) is 9.80 Å². The van der Waals surface area contributed by atoms with Crippen molar-refractivity contribution in [1.29, 1.82) is 0 Å². The Morgan fingerprint density at radius 1 is 1.19 bits per heavy atom. The van der Waals surface area contributed by atoms with E-state index in [0.29, 0.717) is 23.8 Å². The molecule has 1 saturated carbocycles. The molecule has 32 heavy (non-hydrogen) atoms. The molecular formula is C23H29FN4O4. The number of carbonyl (C=O) groups is 3. The minimum Gasteiger partial charge on any atom is -0.442 e. The molecule has 0 aromatic heterocycles. The summed E-state index contributed by atoms with van der Waals surface area (Å²) in [6.07, 6.45) is 3.05. The van der Waals surface area contributed by atoms with E-state index in [2.05, 4.69) is 5.32 Å². The first-order valence-corrected chi connectivity index (χ1v) is 11.5. The van der Waals surface area contributed by atoms with Crippen LogP contribution in [0.5, 0.6) is 0 Å². The highest BCUT2D eigenvalue weighted by Crippen LogP contribution is 2.39. The van der Waals surface area contributed by atoms with Crippen molar-refractivity contribution < 1.29 is 23.5 Å². The predicted octanol–water partition coefficient (Wildman–Crippen LogP) is 2.12. The van der Waals surface area contributed by atoms with Gasteiger partial charge >= 0.3 is 6.09 Å². The minimum atomic E-state index is -0.547. The summed E-state index contributed by atoms with van der Waals surface area (Å²) in [6.45, 7) is 4.07. The lowest BCUT2D eigenvalue weighted by atomic mass is 9.92. The van der Waals surface area contributed by atoms with E-state index in [1.165, 1.54) is 17.9 Å². The number of piperidine rings is 1. The van der Waals surface area contributed by atoms with Crippen LogP contribution in [-0.2, 0) is 14.3 Å². The number of ether oxygens (including phenoxy) is 1. The highest BCUT2D eigenvalue weighted by atomic mass is 19.1. The third kappa shape index (κ3) is 4.00. The predicted molar refractivity (Wildman–Crippen MR) is 116 cm³/mol. The van der Waals surface area contributed by atoms with Crippen LogP contribution in [0.3, 0.4) is 0 Å². The molecule has 8 nitrogen and oxygen atoms in total. The van der Waals surface area contributed by atoms with E-state index < -0.39 is 12.2 Å². The highest BCUT2D eigenvalue weighted by molar-refractivity contribution is 5.90. The van der Waals surface area contributed by atoms with E-state index in [0.717, 1.165) is 38.8 Å². The van der Waals surface area contributed by atoms with Crippen molar-refractivity contribution in [2.24, 2.45) is 11.8 Å². The normalized spacial score (nSPS) is 27.4. The Morgan fingerprint density at radius 3 is 2.72 bits per heavy atom. The lowest BCUT2D eigenvalue weighted by Crippen LogP contribution is -2.49. The van der Waals surface area contributed by atoms with Crippen molar-refractivity contribution in [2.45, 2.75) is 44.8 Å². The molecule has 1 aromatic rings. The van der Waals surface area contributed by atoms with Crippen molar-refractivity contribution in [3.8, 4) is 0 Å². The third-order valence-corrected chi connectivity index (χ3v) is 7.03. The molecule has 0 bridgehead atoms. The summed E-state index contributed by atoms with van der Waals surface area (Å²) in [5.41, 5.74) is 0.938. The summed E-state index contributed by atoms with van der Waals surface area (Å²) < 4.78 is 20.4. The van der Waals surface area contributed by atoms with Crippen LogP contribution < -0.4 is 15.1 Å². The minimum absolute atomic E-state index is 0.152. The van der Waals surface area contributed by atoms with Gasteiger partial charge in [-0.3, -0.25) is 14.5 Å². The van der Waals surface area contributed by atoms with Gasteiger partial charge < -0.3 is 19.9 Å². The van der Waals surface area contributed by atoms with Gasteiger partial charge in [-0.1, -0.05) is 0 Å². The Kier molecular flexibility index (Phi) is 5.43. The van der Waals surface area contributed by atoms with Gasteiger partial charge in [0.05, 0.1) is 30.5 Å². The number of fused-ring (bicyclic) bond motifs is 1. The number of nitrogens with zero attached hydrogens (tertiary/aromatic N) is 3. The zero-order valence-electron chi connectivity index (χ0n) is 18.3. The number of amides is 3. The lowest BCUT2D eigenvalue weighted by molar-refractivity contribution is -0.136. The average Bonchev–Trinajstić information content (AvgIpc) is 3.42. The maximum atomic E-state index is 15.1. The molecule has 9 heteroatoms. The van der Waals surface area contributed by atoms with E-state index in [4.69, 9.17) is 4.74 Å². The van der Waals surface area contributed by atoms with Crippen LogP contribution in [-0.4, -0.2) is 67.7 Å². The molecule has 2 unspecified atom stereocenters. The summed E-state index contributed by atoms with van der Waals surface area (Å²) in [6, 6.07) is 4.96. The summed E-state index contributed by atoms with van der Waals surface area (Å²) >= 11 is 0. The fraction of sp³-hybridized carbons (Fsp3) is 0.609. The van der Waals surface area contributed by atoms with Crippen molar-refractivity contribution in [3.05, 3.63) is 24.0 Å². The van der Waals surface area contributed by atoms with E-state index in [-0.39, 0.29) is 42.7 Å². The molecule has 1 N–H and O–H groups in total. The fourth-order valence-electron chi connectivity index (χ4n) is 5.23. The maximum absolute atomic E-state index is 15.1. The van der Waals surface area contributed by atoms with Gasteiger partial charge in [-0.2, -0.15) is 0 Å². The van der Waals surface area contributed by atoms with Crippen molar-refractivity contribution in [2.75, 3.05) is 42.5 Å². The second-order valence-corrected chi connectivity index (χ2v) is 9.37. The van der Waals surface area contributed by atoms with Gasteiger partial charge in [0.25, 0.3) is 0 Å². The second-order valence-electron chi connectivity index (χ2n) is 9.37. The Hall–Kier alpha value is -2.84. The molecule has 1 aromatic carbocycles. The van der Waals surface area contributed by atoms with E-state index in [1.54, 1.807) is 12.1 Å². The summed E-state index contributed by atoms with van der Waals surface area (Å²) in [5, 5.41) is 2.63. The smallest absolute Gasteiger partial charge is 0.414 e. The molecule has 172 valence electrons. The van der Waals surface area contributed by atoms with Crippen molar-refractivity contribution in [3.63, 3.8) is 0 Å². The number of carbonyl (C=O) groups excluding carboxylic acids is 3. The van der Waals surface area contributed by atoms with Gasteiger partial charge in [-0.05, 0) is 49.8 Å². The Balaban J connectivity index is 1.27. The second kappa shape index (κ2) is 8.26. The molecule has 3 aliphatic heterocycles. The largest absolute Gasteiger partial charge is 0.442 e. The Bertz CT molecular complexity index is 937. The van der Waals surface area contributed by atoms with E-state index in [9.17, 15) is 14.4 Å². The number of cyclic esters (lactones) is 1. The monoisotopic (exact) mass is 444 g/mol. The van der Waals surface area contributed by atoms with Crippen LogP contribution in [0.2, 0.25) is 0 Å². The van der Waals surface area contributed by atoms with Gasteiger partial charge in [0.2, 0.25) is 11.8 Å². The van der Waals surface area contributed by atoms with Gasteiger partial charge in [0, 0.05) is 32.5 Å². The number of hydrogen-bond acceptors (Lipinski definition) is 5.